The van der Waals surface area contributed by atoms with E-state index in [1.807, 2.05) is 0 Å². The molecule has 0 amide bonds. The average Bonchev–Trinajstić information content (AvgIpc) is 2.47. The highest BCUT2D eigenvalue weighted by Gasteiger charge is 2.33. The van der Waals surface area contributed by atoms with E-state index in [0.29, 0.717) is 17.8 Å². The normalized spacial score (nSPS) is 38.9. The summed E-state index contributed by atoms with van der Waals surface area (Å²) in [5.41, 5.74) is 0. The number of ether oxygens (including phenoxy) is 2. The SMILES string of the molecule is CCC(C)C1COC(C2CCC(C#N)CC2)OC1. The predicted octanol–water partition coefficient (Wildman–Crippen LogP) is 3.35. The molecule has 0 N–H and O–H groups in total. The van der Waals surface area contributed by atoms with Crippen molar-refractivity contribution in [2.75, 3.05) is 13.2 Å². The Labute approximate surface area is 110 Å². The van der Waals surface area contributed by atoms with Gasteiger partial charge in [0.1, 0.15) is 0 Å². The van der Waals surface area contributed by atoms with Crippen LogP contribution in [0.25, 0.3) is 0 Å². The molecular weight excluding hydrogens is 226 g/mol. The van der Waals surface area contributed by atoms with Gasteiger partial charge in [0.05, 0.1) is 19.3 Å². The Balaban J connectivity index is 1.75. The number of hydrogen-bond donors (Lipinski definition) is 0. The second-order valence-corrected chi connectivity index (χ2v) is 5.92. The van der Waals surface area contributed by atoms with Crippen LogP contribution in [-0.4, -0.2) is 19.5 Å². The number of hydrogen-bond acceptors (Lipinski definition) is 3. The van der Waals surface area contributed by atoms with Crippen molar-refractivity contribution < 1.29 is 9.47 Å². The monoisotopic (exact) mass is 251 g/mol. The van der Waals surface area contributed by atoms with Crippen molar-refractivity contribution in [3.63, 3.8) is 0 Å². The van der Waals surface area contributed by atoms with Crippen molar-refractivity contribution in [1.29, 1.82) is 5.26 Å². The summed E-state index contributed by atoms with van der Waals surface area (Å²) in [5.74, 6) is 2.01. The van der Waals surface area contributed by atoms with Crippen molar-refractivity contribution >= 4 is 0 Å². The van der Waals surface area contributed by atoms with Crippen molar-refractivity contribution in [2.45, 2.75) is 52.2 Å². The van der Waals surface area contributed by atoms with Crippen LogP contribution >= 0.6 is 0 Å². The number of nitrogens with zero attached hydrogens (tertiary/aromatic N) is 1. The van der Waals surface area contributed by atoms with Crippen LogP contribution in [0.5, 0.6) is 0 Å². The van der Waals surface area contributed by atoms with E-state index in [1.165, 1.54) is 6.42 Å². The van der Waals surface area contributed by atoms with E-state index in [1.54, 1.807) is 0 Å². The van der Waals surface area contributed by atoms with Gasteiger partial charge in [-0.05, 0) is 31.6 Å². The molecule has 1 unspecified atom stereocenters. The molecule has 1 atom stereocenters. The molecule has 2 fully saturated rings. The van der Waals surface area contributed by atoms with Gasteiger partial charge in [0.15, 0.2) is 6.29 Å². The molecular formula is C15H25NO2. The fourth-order valence-electron chi connectivity index (χ4n) is 2.99. The molecule has 1 aliphatic heterocycles. The summed E-state index contributed by atoms with van der Waals surface area (Å²) in [7, 11) is 0. The Morgan fingerprint density at radius 1 is 1.17 bits per heavy atom. The molecule has 1 heterocycles. The van der Waals surface area contributed by atoms with Gasteiger partial charge >= 0.3 is 0 Å². The van der Waals surface area contributed by atoms with Gasteiger partial charge in [0, 0.05) is 17.8 Å². The molecule has 1 saturated heterocycles. The van der Waals surface area contributed by atoms with E-state index < -0.39 is 0 Å². The van der Waals surface area contributed by atoms with Crippen LogP contribution in [0, 0.1) is 35.0 Å². The third kappa shape index (κ3) is 3.24. The van der Waals surface area contributed by atoms with Gasteiger partial charge in [0.2, 0.25) is 0 Å². The van der Waals surface area contributed by atoms with Crippen LogP contribution in [0.2, 0.25) is 0 Å². The Kier molecular flexibility index (Phi) is 5.03. The lowest BCUT2D eigenvalue weighted by Gasteiger charge is -2.38. The minimum Gasteiger partial charge on any atom is -0.352 e. The minimum absolute atomic E-state index is 0.00931. The van der Waals surface area contributed by atoms with Crippen LogP contribution in [-0.2, 0) is 9.47 Å². The van der Waals surface area contributed by atoms with Gasteiger partial charge in [-0.1, -0.05) is 20.3 Å². The fraction of sp³-hybridized carbons (Fsp3) is 0.933. The molecule has 3 nitrogen and oxygen atoms in total. The molecule has 0 aromatic carbocycles. The number of nitriles is 1. The zero-order valence-corrected chi connectivity index (χ0v) is 11.6. The molecule has 2 rings (SSSR count). The van der Waals surface area contributed by atoms with Crippen LogP contribution in [0.15, 0.2) is 0 Å². The molecule has 0 radical (unpaired) electrons. The number of rotatable bonds is 3. The highest BCUT2D eigenvalue weighted by molar-refractivity contribution is 4.88. The van der Waals surface area contributed by atoms with E-state index >= 15 is 0 Å². The van der Waals surface area contributed by atoms with Crippen LogP contribution < -0.4 is 0 Å². The first-order valence-corrected chi connectivity index (χ1v) is 7.37. The van der Waals surface area contributed by atoms with Gasteiger partial charge in [-0.2, -0.15) is 5.26 Å². The molecule has 0 spiro atoms. The lowest BCUT2D eigenvalue weighted by Crippen LogP contribution is -2.40. The summed E-state index contributed by atoms with van der Waals surface area (Å²) >= 11 is 0. The van der Waals surface area contributed by atoms with Crippen molar-refractivity contribution in [2.24, 2.45) is 23.7 Å². The van der Waals surface area contributed by atoms with Gasteiger partial charge in [0.25, 0.3) is 0 Å². The lowest BCUT2D eigenvalue weighted by molar-refractivity contribution is -0.234. The van der Waals surface area contributed by atoms with Crippen LogP contribution in [0.1, 0.15) is 46.0 Å². The summed E-state index contributed by atoms with van der Waals surface area (Å²) in [5, 5.41) is 8.90. The van der Waals surface area contributed by atoms with Crippen molar-refractivity contribution in [1.82, 2.24) is 0 Å². The van der Waals surface area contributed by atoms with E-state index in [-0.39, 0.29) is 12.2 Å². The van der Waals surface area contributed by atoms with E-state index in [0.717, 1.165) is 38.9 Å². The van der Waals surface area contributed by atoms with E-state index in [4.69, 9.17) is 14.7 Å². The molecule has 1 saturated carbocycles. The topological polar surface area (TPSA) is 42.2 Å². The largest absolute Gasteiger partial charge is 0.352 e. The second-order valence-electron chi connectivity index (χ2n) is 5.92. The zero-order valence-electron chi connectivity index (χ0n) is 11.6. The smallest absolute Gasteiger partial charge is 0.160 e. The first-order valence-electron chi connectivity index (χ1n) is 7.37. The quantitative estimate of drug-likeness (QED) is 0.772. The first-order chi connectivity index (χ1) is 8.74. The highest BCUT2D eigenvalue weighted by Crippen LogP contribution is 2.34. The second kappa shape index (κ2) is 6.54. The maximum Gasteiger partial charge on any atom is 0.160 e. The summed E-state index contributed by atoms with van der Waals surface area (Å²) in [4.78, 5) is 0. The summed E-state index contributed by atoms with van der Waals surface area (Å²) in [6.07, 6.45) is 5.37. The highest BCUT2D eigenvalue weighted by atomic mass is 16.7. The van der Waals surface area contributed by atoms with Gasteiger partial charge < -0.3 is 9.47 Å². The Morgan fingerprint density at radius 2 is 1.78 bits per heavy atom. The Hall–Kier alpha value is -0.590. The van der Waals surface area contributed by atoms with Gasteiger partial charge in [-0.15, -0.1) is 0 Å². The maximum atomic E-state index is 8.90. The Morgan fingerprint density at radius 3 is 2.28 bits per heavy atom. The van der Waals surface area contributed by atoms with Crippen molar-refractivity contribution in [3.8, 4) is 6.07 Å². The fourth-order valence-corrected chi connectivity index (χ4v) is 2.99. The van der Waals surface area contributed by atoms with Crippen LogP contribution in [0.4, 0.5) is 0 Å². The standard InChI is InChI=1S/C15H25NO2/c1-3-11(2)14-9-17-15(18-10-14)13-6-4-12(8-16)5-7-13/h11-15H,3-7,9-10H2,1-2H3. The molecule has 18 heavy (non-hydrogen) atoms. The van der Waals surface area contributed by atoms with E-state index in [2.05, 4.69) is 19.9 Å². The third-order valence-corrected chi connectivity index (χ3v) is 4.74. The summed E-state index contributed by atoms with van der Waals surface area (Å²) < 4.78 is 11.8. The summed E-state index contributed by atoms with van der Waals surface area (Å²) in [6.45, 7) is 6.19. The van der Waals surface area contributed by atoms with Crippen molar-refractivity contribution in [3.05, 3.63) is 0 Å². The molecule has 0 bridgehead atoms. The average molecular weight is 251 g/mol. The van der Waals surface area contributed by atoms with E-state index in [9.17, 15) is 0 Å². The van der Waals surface area contributed by atoms with Gasteiger partial charge in [-0.3, -0.25) is 0 Å². The Bertz CT molecular complexity index is 283. The molecule has 0 aromatic heterocycles. The lowest BCUT2D eigenvalue weighted by atomic mass is 9.82. The predicted molar refractivity (Wildman–Crippen MR) is 69.7 cm³/mol. The zero-order chi connectivity index (χ0) is 13.0. The maximum absolute atomic E-state index is 8.90. The minimum atomic E-state index is -0.00931. The molecule has 0 aromatic rings. The third-order valence-electron chi connectivity index (χ3n) is 4.74. The molecule has 1 aliphatic carbocycles. The molecule has 3 heteroatoms. The first kappa shape index (κ1) is 13.8. The summed E-state index contributed by atoms with van der Waals surface area (Å²) in [6, 6.07) is 2.38. The molecule has 2 aliphatic rings. The van der Waals surface area contributed by atoms with Crippen LogP contribution in [0.3, 0.4) is 0 Å². The molecule has 102 valence electrons. The van der Waals surface area contributed by atoms with Gasteiger partial charge in [-0.25, -0.2) is 0 Å².